The maximum absolute atomic E-state index is 13.4. The summed E-state index contributed by atoms with van der Waals surface area (Å²) in [5, 5.41) is 16.1. The van der Waals surface area contributed by atoms with E-state index in [4.69, 9.17) is 0 Å². The predicted octanol–water partition coefficient (Wildman–Crippen LogP) is 3.39. The summed E-state index contributed by atoms with van der Waals surface area (Å²) in [6, 6.07) is 4.84. The predicted molar refractivity (Wildman–Crippen MR) is 133 cm³/mol. The number of hydrogen-bond acceptors (Lipinski definition) is 4. The quantitative estimate of drug-likeness (QED) is 0.166. The third-order valence-corrected chi connectivity index (χ3v) is 5.49. The molecule has 0 aliphatic rings. The lowest BCUT2D eigenvalue weighted by Gasteiger charge is -2.12. The molecule has 0 radical (unpaired) electrons. The number of nitrogens with zero attached hydrogens (tertiary/aromatic N) is 4. The molecule has 30 heavy (non-hydrogen) atoms. The molecule has 3 aromatic rings. The number of aryl methyl sites for hydroxylation is 1. The summed E-state index contributed by atoms with van der Waals surface area (Å²) in [4.78, 5) is 7.80. The largest absolute Gasteiger partial charge is 0.361 e. The number of rotatable bonds is 9. The van der Waals surface area contributed by atoms with E-state index in [1.54, 1.807) is 0 Å². The summed E-state index contributed by atoms with van der Waals surface area (Å²) in [5.74, 6) is 3.33. The minimum atomic E-state index is -0.230. The van der Waals surface area contributed by atoms with Crippen LogP contribution in [0.5, 0.6) is 0 Å². The van der Waals surface area contributed by atoms with E-state index < -0.39 is 0 Å². The lowest BCUT2D eigenvalue weighted by Crippen LogP contribution is -2.39. The molecular weight excluding hydrogens is 516 g/mol. The van der Waals surface area contributed by atoms with Gasteiger partial charge in [0, 0.05) is 37.2 Å². The third-order valence-electron chi connectivity index (χ3n) is 4.80. The minimum Gasteiger partial charge on any atom is -0.361 e. The zero-order chi connectivity index (χ0) is 20.6. The van der Waals surface area contributed by atoms with Crippen LogP contribution < -0.4 is 10.6 Å². The maximum atomic E-state index is 13.4. The van der Waals surface area contributed by atoms with Gasteiger partial charge in [-0.1, -0.05) is 0 Å². The fourth-order valence-corrected chi connectivity index (χ4v) is 3.45. The summed E-state index contributed by atoms with van der Waals surface area (Å²) in [5.41, 5.74) is 1.97. The molecule has 3 N–H and O–H groups in total. The average molecular weight is 545 g/mol. The molecule has 164 valence electrons. The van der Waals surface area contributed by atoms with Gasteiger partial charge in [-0.15, -0.1) is 34.2 Å². The number of nitrogens with one attached hydrogen (secondary N) is 3. The van der Waals surface area contributed by atoms with Crippen LogP contribution in [0.1, 0.15) is 23.6 Å². The Morgan fingerprint density at radius 2 is 2.07 bits per heavy atom. The number of fused-ring (bicyclic) bond motifs is 1. The molecule has 7 nitrogen and oxygen atoms in total. The van der Waals surface area contributed by atoms with E-state index in [0.29, 0.717) is 6.54 Å². The average Bonchev–Trinajstić information content (AvgIpc) is 3.26. The van der Waals surface area contributed by atoms with E-state index in [1.807, 2.05) is 42.6 Å². The van der Waals surface area contributed by atoms with E-state index in [0.717, 1.165) is 65.8 Å². The summed E-state index contributed by atoms with van der Waals surface area (Å²) in [7, 11) is 1.94. The Hall–Kier alpha value is -1.82. The van der Waals surface area contributed by atoms with E-state index >= 15 is 0 Å². The van der Waals surface area contributed by atoms with Crippen molar-refractivity contribution < 1.29 is 4.39 Å². The van der Waals surface area contributed by atoms with E-state index in [-0.39, 0.29) is 29.8 Å². The number of guanidine groups is 1. The number of halogens is 2. The molecule has 0 fully saturated rings. The van der Waals surface area contributed by atoms with Gasteiger partial charge in [-0.3, -0.25) is 0 Å². The number of aliphatic imine (C=N–C) groups is 1. The Morgan fingerprint density at radius 3 is 2.80 bits per heavy atom. The van der Waals surface area contributed by atoms with Crippen molar-refractivity contribution in [2.75, 3.05) is 25.1 Å². The van der Waals surface area contributed by atoms with Crippen molar-refractivity contribution in [3.8, 4) is 0 Å². The van der Waals surface area contributed by atoms with Gasteiger partial charge in [0.05, 0.1) is 0 Å². The van der Waals surface area contributed by atoms with Gasteiger partial charge in [-0.05, 0) is 55.5 Å². The van der Waals surface area contributed by atoms with Crippen molar-refractivity contribution in [3.05, 3.63) is 47.4 Å². The van der Waals surface area contributed by atoms with Crippen molar-refractivity contribution in [1.82, 2.24) is 30.4 Å². The van der Waals surface area contributed by atoms with Gasteiger partial charge in [0.15, 0.2) is 11.8 Å². The first kappa shape index (κ1) is 24.4. The van der Waals surface area contributed by atoms with Gasteiger partial charge < -0.3 is 20.2 Å². The second kappa shape index (κ2) is 12.1. The second-order valence-electron chi connectivity index (χ2n) is 6.84. The summed E-state index contributed by atoms with van der Waals surface area (Å²) < 4.78 is 15.3. The highest BCUT2D eigenvalue weighted by molar-refractivity contribution is 14.0. The van der Waals surface area contributed by atoms with Crippen LogP contribution in [0.15, 0.2) is 29.4 Å². The van der Waals surface area contributed by atoms with Gasteiger partial charge >= 0.3 is 0 Å². The van der Waals surface area contributed by atoms with Gasteiger partial charge in [-0.2, -0.15) is 11.8 Å². The number of aromatic nitrogens is 4. The van der Waals surface area contributed by atoms with Gasteiger partial charge in [0.2, 0.25) is 0 Å². The van der Waals surface area contributed by atoms with Crippen LogP contribution in [0.25, 0.3) is 10.9 Å². The number of benzene rings is 1. The van der Waals surface area contributed by atoms with Crippen LogP contribution in [-0.2, 0) is 20.0 Å². The van der Waals surface area contributed by atoms with Gasteiger partial charge in [0.1, 0.15) is 18.2 Å². The Balaban J connectivity index is 0.00000320. The van der Waals surface area contributed by atoms with Crippen LogP contribution in [0.4, 0.5) is 4.39 Å². The van der Waals surface area contributed by atoms with Gasteiger partial charge in [-0.25, -0.2) is 9.38 Å². The highest BCUT2D eigenvalue weighted by Gasteiger charge is 2.07. The summed E-state index contributed by atoms with van der Waals surface area (Å²) >= 11 is 1.83. The first-order valence-corrected chi connectivity index (χ1v) is 11.1. The Morgan fingerprint density at radius 1 is 1.27 bits per heavy atom. The lowest BCUT2D eigenvalue weighted by molar-refractivity contribution is 0.629. The Kier molecular flexibility index (Phi) is 9.89. The number of thioether (sulfide) groups is 1. The number of H-pyrrole nitrogens is 1. The number of hydrogen-bond donors (Lipinski definition) is 3. The molecule has 0 spiro atoms. The molecule has 2 aromatic heterocycles. The van der Waals surface area contributed by atoms with Crippen molar-refractivity contribution in [2.24, 2.45) is 12.0 Å². The Labute approximate surface area is 197 Å². The van der Waals surface area contributed by atoms with Crippen LogP contribution in [0.3, 0.4) is 0 Å². The van der Waals surface area contributed by atoms with E-state index in [2.05, 4.69) is 37.1 Å². The highest BCUT2D eigenvalue weighted by Crippen LogP contribution is 2.19. The topological polar surface area (TPSA) is 82.9 Å². The molecule has 0 unspecified atom stereocenters. The first-order chi connectivity index (χ1) is 14.1. The zero-order valence-corrected chi connectivity index (χ0v) is 20.7. The second-order valence-corrected chi connectivity index (χ2v) is 7.83. The molecule has 0 aliphatic heterocycles. The highest BCUT2D eigenvalue weighted by atomic mass is 127. The van der Waals surface area contributed by atoms with Crippen LogP contribution in [-0.4, -0.2) is 50.8 Å². The zero-order valence-electron chi connectivity index (χ0n) is 17.5. The molecule has 10 heteroatoms. The molecule has 0 saturated carbocycles. The minimum absolute atomic E-state index is 0. The standard InChI is InChI=1S/C20H28FN7S.HI/c1-14-26-27-19(28(14)2)13-25-20(22-8-4-10-29-3)23-9-7-15-12-24-18-11-16(21)5-6-17(15)18;/h5-6,11-12,24H,4,7-10,13H2,1-3H3,(H2,22,23,25);1H. The van der Waals surface area contributed by atoms with E-state index in [1.165, 1.54) is 12.1 Å². The molecule has 0 aliphatic carbocycles. The fraction of sp³-hybridized carbons (Fsp3) is 0.450. The molecular formula is C20H29FIN7S. The molecule has 2 heterocycles. The molecule has 0 bridgehead atoms. The van der Waals surface area contributed by atoms with Gasteiger partial charge in [0.25, 0.3) is 0 Å². The van der Waals surface area contributed by atoms with Crippen molar-refractivity contribution in [1.29, 1.82) is 0 Å². The van der Waals surface area contributed by atoms with Crippen LogP contribution in [0.2, 0.25) is 0 Å². The SMILES string of the molecule is CSCCCNC(=NCc1nnc(C)n1C)NCCc1c[nH]c2cc(F)ccc12.I. The fourth-order valence-electron chi connectivity index (χ4n) is 3.02. The monoisotopic (exact) mass is 545 g/mol. The molecule has 0 amide bonds. The molecule has 1 aromatic carbocycles. The summed E-state index contributed by atoms with van der Waals surface area (Å²) in [6.45, 7) is 3.96. The third kappa shape index (κ3) is 6.59. The lowest BCUT2D eigenvalue weighted by atomic mass is 10.1. The Bertz CT molecular complexity index is 969. The summed E-state index contributed by atoms with van der Waals surface area (Å²) in [6.07, 6.45) is 5.92. The van der Waals surface area contributed by atoms with Crippen LogP contribution >= 0.6 is 35.7 Å². The molecule has 0 saturated heterocycles. The number of aromatic amines is 1. The van der Waals surface area contributed by atoms with Crippen molar-refractivity contribution in [2.45, 2.75) is 26.3 Å². The molecule has 3 rings (SSSR count). The van der Waals surface area contributed by atoms with Crippen LogP contribution in [0, 0.1) is 12.7 Å². The van der Waals surface area contributed by atoms with E-state index in [9.17, 15) is 4.39 Å². The maximum Gasteiger partial charge on any atom is 0.191 e. The molecule has 0 atom stereocenters. The van der Waals surface area contributed by atoms with Crippen molar-refractivity contribution >= 4 is 52.6 Å². The first-order valence-electron chi connectivity index (χ1n) is 9.70. The normalized spacial score (nSPS) is 11.5. The smallest absolute Gasteiger partial charge is 0.191 e. The van der Waals surface area contributed by atoms with Crippen molar-refractivity contribution in [3.63, 3.8) is 0 Å².